The molecule has 0 radical (unpaired) electrons. The van der Waals surface area contributed by atoms with Gasteiger partial charge in [-0.15, -0.1) is 0 Å². The van der Waals surface area contributed by atoms with Crippen molar-refractivity contribution in [2.24, 2.45) is 0 Å². The van der Waals surface area contributed by atoms with Crippen molar-refractivity contribution >= 4 is 17.2 Å². The molecule has 0 amide bonds. The summed E-state index contributed by atoms with van der Waals surface area (Å²) < 4.78 is 1.99. The number of fused-ring (bicyclic) bond motifs is 1. The lowest BCUT2D eigenvalue weighted by molar-refractivity contribution is 0.455. The van der Waals surface area contributed by atoms with Crippen LogP contribution < -0.4 is 5.32 Å². The van der Waals surface area contributed by atoms with Gasteiger partial charge in [-0.1, -0.05) is 17.7 Å². The van der Waals surface area contributed by atoms with Crippen molar-refractivity contribution in [3.63, 3.8) is 0 Å². The molecule has 1 aliphatic rings. The summed E-state index contributed by atoms with van der Waals surface area (Å²) in [4.78, 5) is 9.31. The molecule has 1 atom stereocenters. The minimum atomic E-state index is 0.497. The zero-order valence-corrected chi connectivity index (χ0v) is 12.9. The van der Waals surface area contributed by atoms with Gasteiger partial charge in [-0.25, -0.2) is 4.98 Å². The third kappa shape index (κ3) is 2.49. The quantitative estimate of drug-likeness (QED) is 0.787. The van der Waals surface area contributed by atoms with Crippen molar-refractivity contribution in [1.82, 2.24) is 19.7 Å². The van der Waals surface area contributed by atoms with Gasteiger partial charge in [0.05, 0.1) is 22.6 Å². The second-order valence-electron chi connectivity index (χ2n) is 5.71. The first-order chi connectivity index (χ1) is 10.8. The molecule has 5 heteroatoms. The first kappa shape index (κ1) is 13.7. The fraction of sp³-hybridized carbons (Fsp3) is 0.294. The van der Waals surface area contributed by atoms with Crippen molar-refractivity contribution in [3.8, 4) is 11.4 Å². The van der Waals surface area contributed by atoms with Crippen LogP contribution in [0.3, 0.4) is 0 Å². The topological polar surface area (TPSA) is 42.2 Å². The fourth-order valence-corrected chi connectivity index (χ4v) is 3.23. The van der Waals surface area contributed by atoms with Gasteiger partial charge in [0.15, 0.2) is 0 Å². The van der Waals surface area contributed by atoms with Crippen molar-refractivity contribution in [3.05, 3.63) is 53.4 Å². The lowest BCUT2D eigenvalue weighted by Gasteiger charge is -2.22. The fourth-order valence-electron chi connectivity index (χ4n) is 3.07. The third-order valence-electron chi connectivity index (χ3n) is 4.22. The molecule has 0 unspecified atom stereocenters. The number of hydrogen-bond donors (Lipinski definition) is 1. The lowest BCUT2D eigenvalue weighted by Crippen LogP contribution is -2.28. The largest absolute Gasteiger partial charge is 0.316 e. The molecule has 4 heterocycles. The van der Waals surface area contributed by atoms with Gasteiger partial charge in [0.25, 0.3) is 0 Å². The molecule has 22 heavy (non-hydrogen) atoms. The highest BCUT2D eigenvalue weighted by molar-refractivity contribution is 6.30. The highest BCUT2D eigenvalue weighted by Crippen LogP contribution is 2.25. The molecule has 1 fully saturated rings. The molecule has 112 valence electrons. The van der Waals surface area contributed by atoms with E-state index in [4.69, 9.17) is 16.6 Å². The van der Waals surface area contributed by atoms with E-state index in [1.165, 1.54) is 12.8 Å². The number of halogens is 1. The van der Waals surface area contributed by atoms with Crippen LogP contribution in [-0.4, -0.2) is 27.5 Å². The van der Waals surface area contributed by atoms with Gasteiger partial charge >= 0.3 is 0 Å². The van der Waals surface area contributed by atoms with Crippen molar-refractivity contribution < 1.29 is 0 Å². The minimum Gasteiger partial charge on any atom is -0.316 e. The Balaban J connectivity index is 1.76. The number of nitrogens with one attached hydrogen (secondary N) is 1. The molecule has 1 aliphatic heterocycles. The summed E-state index contributed by atoms with van der Waals surface area (Å²) in [7, 11) is 0. The van der Waals surface area contributed by atoms with Crippen LogP contribution >= 0.6 is 11.6 Å². The van der Waals surface area contributed by atoms with Gasteiger partial charge < -0.3 is 5.32 Å². The number of imidazole rings is 1. The molecule has 0 bridgehead atoms. The highest BCUT2D eigenvalue weighted by Gasteiger charge is 2.17. The van der Waals surface area contributed by atoms with E-state index in [1.54, 1.807) is 0 Å². The number of nitrogens with zero attached hydrogens (tertiary/aromatic N) is 3. The Kier molecular flexibility index (Phi) is 3.56. The second-order valence-corrected chi connectivity index (χ2v) is 6.15. The summed E-state index contributed by atoms with van der Waals surface area (Å²) in [5, 5.41) is 4.14. The van der Waals surface area contributed by atoms with Crippen LogP contribution in [-0.2, 0) is 0 Å². The maximum Gasteiger partial charge on any atom is 0.137 e. The van der Waals surface area contributed by atoms with Crippen LogP contribution in [0.5, 0.6) is 0 Å². The molecule has 0 saturated carbocycles. The van der Waals surface area contributed by atoms with Crippen molar-refractivity contribution in [2.75, 3.05) is 13.1 Å². The average Bonchev–Trinajstić information content (AvgIpc) is 2.99. The van der Waals surface area contributed by atoms with Crippen LogP contribution in [0.1, 0.15) is 24.5 Å². The summed E-state index contributed by atoms with van der Waals surface area (Å²) >= 11 is 6.11. The predicted octanol–water partition coefficient (Wildman–Crippen LogP) is 3.52. The van der Waals surface area contributed by atoms with Gasteiger partial charge in [-0.05, 0) is 43.7 Å². The van der Waals surface area contributed by atoms with Crippen LogP contribution in [0.15, 0.2) is 42.7 Å². The zero-order valence-electron chi connectivity index (χ0n) is 12.2. The van der Waals surface area contributed by atoms with E-state index in [9.17, 15) is 0 Å². The Hall–Kier alpha value is -1.91. The standard InChI is InChI=1S/C17H17ClN4/c18-13-6-7-17-20-10-16(22(17)11-13)15-5-1-4-14(21-15)12-3-2-8-19-9-12/h1,4-7,10-12,19H,2-3,8-9H2/t12-/m0/s1. The Morgan fingerprint density at radius 1 is 1.23 bits per heavy atom. The van der Waals surface area contributed by atoms with Gasteiger partial charge in [0.2, 0.25) is 0 Å². The van der Waals surface area contributed by atoms with Gasteiger partial charge in [0, 0.05) is 24.4 Å². The number of piperidine rings is 1. The number of hydrogen-bond acceptors (Lipinski definition) is 3. The van der Waals surface area contributed by atoms with Gasteiger partial charge in [-0.3, -0.25) is 9.38 Å². The Bertz CT molecular complexity index is 805. The number of rotatable bonds is 2. The van der Waals surface area contributed by atoms with Crippen LogP contribution in [0.4, 0.5) is 0 Å². The average molecular weight is 313 g/mol. The molecule has 3 aromatic rings. The highest BCUT2D eigenvalue weighted by atomic mass is 35.5. The van der Waals surface area contributed by atoms with E-state index in [-0.39, 0.29) is 0 Å². The molecular formula is C17H17ClN4. The van der Waals surface area contributed by atoms with E-state index in [0.717, 1.165) is 35.8 Å². The van der Waals surface area contributed by atoms with Gasteiger partial charge in [0.1, 0.15) is 5.65 Å². The molecule has 1 saturated heterocycles. The summed E-state index contributed by atoms with van der Waals surface area (Å²) in [5.74, 6) is 0.497. The van der Waals surface area contributed by atoms with E-state index < -0.39 is 0 Å². The Morgan fingerprint density at radius 2 is 2.18 bits per heavy atom. The summed E-state index contributed by atoms with van der Waals surface area (Å²) in [6.07, 6.45) is 6.15. The smallest absolute Gasteiger partial charge is 0.137 e. The predicted molar refractivity (Wildman–Crippen MR) is 88.3 cm³/mol. The number of pyridine rings is 2. The minimum absolute atomic E-state index is 0.497. The molecule has 3 aromatic heterocycles. The van der Waals surface area contributed by atoms with Crippen LogP contribution in [0.2, 0.25) is 5.02 Å². The molecule has 4 nitrogen and oxygen atoms in total. The van der Waals surface area contributed by atoms with E-state index >= 15 is 0 Å². The van der Waals surface area contributed by atoms with E-state index in [2.05, 4.69) is 22.4 Å². The summed E-state index contributed by atoms with van der Waals surface area (Å²) in [5.41, 5.74) is 3.95. The van der Waals surface area contributed by atoms with Crippen LogP contribution in [0.25, 0.3) is 17.0 Å². The maximum atomic E-state index is 6.11. The SMILES string of the molecule is Clc1ccc2ncc(-c3cccc([C@H]4CCCNC4)n3)n2c1. The third-order valence-corrected chi connectivity index (χ3v) is 4.44. The lowest BCUT2D eigenvalue weighted by atomic mass is 9.95. The molecule has 0 spiro atoms. The van der Waals surface area contributed by atoms with Gasteiger partial charge in [-0.2, -0.15) is 0 Å². The molecule has 1 N–H and O–H groups in total. The van der Waals surface area contributed by atoms with Crippen molar-refractivity contribution in [2.45, 2.75) is 18.8 Å². The molecular weight excluding hydrogens is 296 g/mol. The maximum absolute atomic E-state index is 6.11. The molecule has 4 rings (SSSR count). The molecule has 0 aromatic carbocycles. The van der Waals surface area contributed by atoms with E-state index in [0.29, 0.717) is 10.9 Å². The Morgan fingerprint density at radius 3 is 3.05 bits per heavy atom. The first-order valence-corrected chi connectivity index (χ1v) is 8.00. The van der Waals surface area contributed by atoms with E-state index in [1.807, 2.05) is 35.0 Å². The zero-order chi connectivity index (χ0) is 14.9. The normalized spacial score (nSPS) is 18.7. The Labute approximate surface area is 134 Å². The summed E-state index contributed by atoms with van der Waals surface area (Å²) in [6.45, 7) is 2.12. The molecule has 0 aliphatic carbocycles. The summed E-state index contributed by atoms with van der Waals surface area (Å²) in [6, 6.07) is 10.0. The second kappa shape index (κ2) is 5.71. The monoisotopic (exact) mass is 312 g/mol. The van der Waals surface area contributed by atoms with Crippen LogP contribution in [0, 0.1) is 0 Å². The van der Waals surface area contributed by atoms with Crippen molar-refractivity contribution in [1.29, 1.82) is 0 Å². The number of aromatic nitrogens is 3. The first-order valence-electron chi connectivity index (χ1n) is 7.62.